The van der Waals surface area contributed by atoms with E-state index in [1.165, 1.54) is 0 Å². The van der Waals surface area contributed by atoms with Gasteiger partial charge in [0, 0.05) is 27.1 Å². The largest absolute Gasteiger partial charge is 0.748 e. The molecule has 0 unspecified atom stereocenters. The lowest BCUT2D eigenvalue weighted by Crippen LogP contribution is -2.22. The van der Waals surface area contributed by atoms with Crippen LogP contribution in [0.2, 0.25) is 5.02 Å². The molecule has 0 saturated heterocycles. The predicted molar refractivity (Wildman–Crippen MR) is 90.2 cm³/mol. The molecule has 1 aromatic rings. The Bertz CT molecular complexity index is 701. The van der Waals surface area contributed by atoms with Crippen molar-refractivity contribution < 1.29 is 13.0 Å². The van der Waals surface area contributed by atoms with Crippen LogP contribution in [0.3, 0.4) is 0 Å². The smallest absolute Gasteiger partial charge is 0.0946 e. The summed E-state index contributed by atoms with van der Waals surface area (Å²) in [6.07, 6.45) is 2.12. The van der Waals surface area contributed by atoms with Crippen molar-refractivity contribution in [1.29, 1.82) is 0 Å². The molecule has 0 saturated carbocycles. The molecule has 0 bridgehead atoms. The minimum atomic E-state index is -4.20. The summed E-state index contributed by atoms with van der Waals surface area (Å²) in [7, 11) is -4.20. The highest BCUT2D eigenvalue weighted by molar-refractivity contribution is 8.03. The monoisotopic (exact) mass is 362 g/mol. The molecule has 4 nitrogen and oxygen atoms in total. The summed E-state index contributed by atoms with van der Waals surface area (Å²) in [5.41, 5.74) is 0.915. The van der Waals surface area contributed by atoms with Gasteiger partial charge in [0.1, 0.15) is 0 Å². The molecular weight excluding hydrogens is 350 g/mol. The highest BCUT2D eigenvalue weighted by Crippen LogP contribution is 2.46. The van der Waals surface area contributed by atoms with E-state index in [1.54, 1.807) is 17.8 Å². The third-order valence-corrected chi connectivity index (χ3v) is 5.05. The quantitative estimate of drug-likeness (QED) is 0.454. The number of halogens is 1. The van der Waals surface area contributed by atoms with Crippen molar-refractivity contribution in [1.82, 2.24) is 0 Å². The molecular formula is C13H13ClNO3S3-. The van der Waals surface area contributed by atoms with Crippen LogP contribution in [0.25, 0.3) is 0 Å². The van der Waals surface area contributed by atoms with Crippen molar-refractivity contribution >= 4 is 56.3 Å². The molecule has 0 atom stereocenters. The van der Waals surface area contributed by atoms with Crippen LogP contribution >= 0.6 is 35.6 Å². The Morgan fingerprint density at radius 1 is 1.52 bits per heavy atom. The van der Waals surface area contributed by atoms with Crippen molar-refractivity contribution in [3.8, 4) is 0 Å². The second kappa shape index (κ2) is 6.66. The van der Waals surface area contributed by atoms with E-state index >= 15 is 0 Å². The van der Waals surface area contributed by atoms with Crippen molar-refractivity contribution in [2.45, 2.75) is 18.2 Å². The van der Waals surface area contributed by atoms with Crippen molar-refractivity contribution in [2.75, 3.05) is 17.2 Å². The minimum absolute atomic E-state index is 0.256. The van der Waals surface area contributed by atoms with Gasteiger partial charge in [0.05, 0.1) is 20.8 Å². The molecule has 0 amide bonds. The summed E-state index contributed by atoms with van der Waals surface area (Å²) in [6.45, 7) is 2.25. The van der Waals surface area contributed by atoms with Crippen molar-refractivity contribution in [2.24, 2.45) is 0 Å². The van der Waals surface area contributed by atoms with Gasteiger partial charge >= 0.3 is 0 Å². The van der Waals surface area contributed by atoms with Crippen LogP contribution in [0.15, 0.2) is 34.2 Å². The number of hydrogen-bond acceptors (Lipinski definition) is 6. The second-order valence-electron chi connectivity index (χ2n) is 4.57. The molecule has 2 rings (SSSR count). The van der Waals surface area contributed by atoms with Crippen LogP contribution in [0.4, 0.5) is 5.69 Å². The van der Waals surface area contributed by atoms with Crippen LogP contribution < -0.4 is 4.90 Å². The maximum atomic E-state index is 10.7. The number of thiocarbonyl (C=S) groups is 1. The summed E-state index contributed by atoms with van der Waals surface area (Å²) in [6, 6.07) is 5.55. The van der Waals surface area contributed by atoms with Gasteiger partial charge in [-0.05, 0) is 37.6 Å². The van der Waals surface area contributed by atoms with E-state index in [-0.39, 0.29) is 12.2 Å². The van der Waals surface area contributed by atoms with Gasteiger partial charge in [0.2, 0.25) is 0 Å². The molecule has 0 spiro atoms. The van der Waals surface area contributed by atoms with Gasteiger partial charge in [-0.3, -0.25) is 0 Å². The first kappa shape index (κ1) is 16.8. The molecule has 0 aliphatic carbocycles. The number of fused-ring (bicyclic) bond motifs is 1. The topological polar surface area (TPSA) is 60.4 Å². The van der Waals surface area contributed by atoms with Crippen molar-refractivity contribution in [3.63, 3.8) is 0 Å². The van der Waals surface area contributed by atoms with Gasteiger partial charge in [-0.1, -0.05) is 35.6 Å². The molecule has 1 aromatic carbocycles. The summed E-state index contributed by atoms with van der Waals surface area (Å²) < 4.78 is 32.2. The number of hydrogen-bond donors (Lipinski definition) is 0. The summed E-state index contributed by atoms with van der Waals surface area (Å²) in [4.78, 5) is 3.72. The van der Waals surface area contributed by atoms with Gasteiger partial charge in [0.15, 0.2) is 0 Å². The Kier molecular flexibility index (Phi) is 5.32. The average molecular weight is 363 g/mol. The molecule has 8 heteroatoms. The first-order chi connectivity index (χ1) is 9.76. The van der Waals surface area contributed by atoms with Crippen LogP contribution in [-0.4, -0.2) is 30.1 Å². The Morgan fingerprint density at radius 3 is 2.86 bits per heavy atom. The van der Waals surface area contributed by atoms with Crippen LogP contribution in [-0.2, 0) is 10.1 Å². The zero-order valence-corrected chi connectivity index (χ0v) is 14.4. The van der Waals surface area contributed by atoms with Crippen LogP contribution in [0.5, 0.6) is 0 Å². The molecule has 21 heavy (non-hydrogen) atoms. The Hall–Kier alpha value is -0.600. The fraction of sp³-hybridized carbons (Fsp3) is 0.308. The van der Waals surface area contributed by atoms with Gasteiger partial charge in [0.25, 0.3) is 0 Å². The first-order valence-corrected chi connectivity index (χ1v) is 9.35. The molecule has 0 N–H and O–H groups in total. The van der Waals surface area contributed by atoms with E-state index < -0.39 is 10.1 Å². The lowest BCUT2D eigenvalue weighted by molar-refractivity contribution is 0.461. The number of allylic oxidation sites excluding steroid dienone is 1. The lowest BCUT2D eigenvalue weighted by Gasteiger charge is -2.21. The van der Waals surface area contributed by atoms with E-state index in [4.69, 9.17) is 23.8 Å². The molecule has 1 heterocycles. The minimum Gasteiger partial charge on any atom is -0.748 e. The van der Waals surface area contributed by atoms with Gasteiger partial charge in [-0.15, -0.1) is 0 Å². The number of benzene rings is 1. The molecule has 0 aromatic heterocycles. The summed E-state index contributed by atoms with van der Waals surface area (Å²) in [5.74, 6) is -0.381. The van der Waals surface area contributed by atoms with Crippen molar-refractivity contribution in [3.05, 3.63) is 34.3 Å². The number of nitrogens with zero attached hydrogens (tertiary/aromatic N) is 1. The van der Waals surface area contributed by atoms with E-state index in [0.717, 1.165) is 20.5 Å². The highest BCUT2D eigenvalue weighted by atomic mass is 35.5. The van der Waals surface area contributed by atoms with Gasteiger partial charge in [-0.2, -0.15) is 0 Å². The van der Waals surface area contributed by atoms with E-state index in [0.29, 0.717) is 11.6 Å². The molecule has 0 radical (unpaired) electrons. The second-order valence-corrected chi connectivity index (χ2v) is 8.24. The molecule has 0 fully saturated rings. The highest BCUT2D eigenvalue weighted by Gasteiger charge is 2.25. The number of thioether (sulfide) groups is 1. The molecule has 1 aliphatic heterocycles. The lowest BCUT2D eigenvalue weighted by atomic mass is 10.2. The van der Waals surface area contributed by atoms with Crippen LogP contribution in [0, 0.1) is 0 Å². The van der Waals surface area contributed by atoms with Crippen LogP contribution in [0.1, 0.15) is 13.3 Å². The number of anilines is 1. The van der Waals surface area contributed by atoms with Gasteiger partial charge in [-0.25, -0.2) is 8.42 Å². The zero-order chi connectivity index (χ0) is 15.6. The van der Waals surface area contributed by atoms with E-state index in [1.807, 2.05) is 30.0 Å². The van der Waals surface area contributed by atoms with E-state index in [9.17, 15) is 13.0 Å². The predicted octanol–water partition coefficient (Wildman–Crippen LogP) is 3.42. The Balaban J connectivity index is 2.25. The zero-order valence-electron chi connectivity index (χ0n) is 11.2. The normalized spacial score (nSPS) is 16.3. The molecule has 1 aliphatic rings. The number of rotatable bonds is 5. The fourth-order valence-electron chi connectivity index (χ4n) is 1.99. The summed E-state index contributed by atoms with van der Waals surface area (Å²) >= 11 is 12.7. The SMILES string of the molecule is CC(=S)/C=C1\Sc2ccc(Cl)cc2N1CCCS(=O)(=O)[O-]. The first-order valence-electron chi connectivity index (χ1n) is 6.17. The summed E-state index contributed by atoms with van der Waals surface area (Å²) in [5, 5.41) is 1.53. The molecule has 114 valence electrons. The fourth-order valence-corrected chi connectivity index (χ4v) is 3.99. The Labute approximate surface area is 138 Å². The van der Waals surface area contributed by atoms with Gasteiger partial charge < -0.3 is 9.45 Å². The Morgan fingerprint density at radius 2 is 2.24 bits per heavy atom. The third-order valence-electron chi connectivity index (χ3n) is 2.80. The third kappa shape index (κ3) is 4.69. The maximum Gasteiger partial charge on any atom is 0.0946 e. The maximum absolute atomic E-state index is 10.7. The van der Waals surface area contributed by atoms with E-state index in [2.05, 4.69) is 0 Å². The standard InChI is InChI=1S/C13H14ClNO3S3/c1-9(19)7-13-15(5-2-6-21(16,17)18)11-8-10(14)3-4-12(11)20-13/h3-4,7-8H,2,5-6H2,1H3,(H,16,17,18)/p-1/b13-7-. The average Bonchev–Trinajstić information content (AvgIpc) is 2.65.